The SMILES string of the molecule is COc1ccc2cc1OCC(=O)NCc1cc(F)cc(c1)O[C@@H]1CCN(C(=O)c3cccc(-c4cn[nH]c4)c3)C[C@@H]1NC2=O. The molecule has 12 heteroatoms. The molecule has 44 heavy (non-hydrogen) atoms. The zero-order valence-electron chi connectivity index (χ0n) is 23.8. The summed E-state index contributed by atoms with van der Waals surface area (Å²) in [5.74, 6) is -0.800. The molecule has 11 nitrogen and oxygen atoms in total. The molecule has 0 spiro atoms. The molecule has 2 aliphatic heterocycles. The highest BCUT2D eigenvalue weighted by Gasteiger charge is 2.35. The van der Waals surface area contributed by atoms with Crippen molar-refractivity contribution in [3.63, 3.8) is 0 Å². The molecule has 0 saturated carbocycles. The van der Waals surface area contributed by atoms with E-state index >= 15 is 0 Å². The molecule has 226 valence electrons. The highest BCUT2D eigenvalue weighted by atomic mass is 19.1. The number of fused-ring (bicyclic) bond motifs is 5. The molecule has 1 fully saturated rings. The summed E-state index contributed by atoms with van der Waals surface area (Å²) in [5, 5.41) is 12.5. The maximum atomic E-state index is 14.6. The highest BCUT2D eigenvalue weighted by molar-refractivity contribution is 5.96. The number of likely N-dealkylation sites (tertiary alicyclic amines) is 1. The van der Waals surface area contributed by atoms with E-state index in [1.807, 2.05) is 12.1 Å². The van der Waals surface area contributed by atoms with Gasteiger partial charge in [-0.25, -0.2) is 4.39 Å². The molecule has 0 radical (unpaired) electrons. The summed E-state index contributed by atoms with van der Waals surface area (Å²) in [7, 11) is 1.45. The van der Waals surface area contributed by atoms with Crippen molar-refractivity contribution in [2.24, 2.45) is 0 Å². The van der Waals surface area contributed by atoms with Crippen LogP contribution in [0.5, 0.6) is 17.2 Å². The lowest BCUT2D eigenvalue weighted by atomic mass is 9.99. The van der Waals surface area contributed by atoms with E-state index in [0.29, 0.717) is 29.8 Å². The highest BCUT2D eigenvalue weighted by Crippen LogP contribution is 2.29. The van der Waals surface area contributed by atoms with E-state index < -0.39 is 29.8 Å². The van der Waals surface area contributed by atoms with Gasteiger partial charge in [0.15, 0.2) is 18.1 Å². The number of carbonyl (C=O) groups excluding carboxylic acids is 3. The Labute approximate surface area is 252 Å². The number of nitrogens with one attached hydrogen (secondary N) is 3. The number of halogens is 1. The molecule has 3 heterocycles. The van der Waals surface area contributed by atoms with Gasteiger partial charge in [0.2, 0.25) is 0 Å². The van der Waals surface area contributed by atoms with E-state index in [2.05, 4.69) is 20.8 Å². The van der Waals surface area contributed by atoms with Crippen molar-refractivity contribution in [3.05, 3.63) is 95.6 Å². The van der Waals surface area contributed by atoms with Crippen molar-refractivity contribution >= 4 is 17.7 Å². The lowest BCUT2D eigenvalue weighted by Gasteiger charge is -2.39. The van der Waals surface area contributed by atoms with Gasteiger partial charge in [0.25, 0.3) is 17.7 Å². The molecule has 2 atom stereocenters. The van der Waals surface area contributed by atoms with Crippen LogP contribution in [0.25, 0.3) is 11.1 Å². The van der Waals surface area contributed by atoms with Crippen LogP contribution in [0.3, 0.4) is 0 Å². The van der Waals surface area contributed by atoms with E-state index in [-0.39, 0.29) is 42.7 Å². The molecule has 6 rings (SSSR count). The number of ether oxygens (including phenoxy) is 3. The number of benzene rings is 3. The van der Waals surface area contributed by atoms with Crippen LogP contribution < -0.4 is 24.8 Å². The van der Waals surface area contributed by atoms with Crippen LogP contribution in [0.2, 0.25) is 0 Å². The van der Waals surface area contributed by atoms with E-state index in [9.17, 15) is 18.8 Å². The maximum Gasteiger partial charge on any atom is 0.258 e. The fourth-order valence-electron chi connectivity index (χ4n) is 5.36. The molecule has 1 saturated heterocycles. The Hall–Kier alpha value is -5.39. The number of hydrogen-bond donors (Lipinski definition) is 3. The molecular weight excluding hydrogens is 569 g/mol. The summed E-state index contributed by atoms with van der Waals surface area (Å²) >= 11 is 0. The fraction of sp³-hybridized carbons (Fsp3) is 0.250. The van der Waals surface area contributed by atoms with Crippen molar-refractivity contribution in [1.82, 2.24) is 25.7 Å². The zero-order valence-corrected chi connectivity index (χ0v) is 23.8. The largest absolute Gasteiger partial charge is 0.493 e. The Morgan fingerprint density at radius 3 is 2.77 bits per heavy atom. The number of carbonyl (C=O) groups is 3. The van der Waals surface area contributed by atoms with Crippen molar-refractivity contribution in [2.75, 3.05) is 26.8 Å². The van der Waals surface area contributed by atoms with Gasteiger partial charge in [-0.15, -0.1) is 0 Å². The molecule has 1 aromatic heterocycles. The van der Waals surface area contributed by atoms with Crippen LogP contribution >= 0.6 is 0 Å². The lowest BCUT2D eigenvalue weighted by Crippen LogP contribution is -2.58. The maximum absolute atomic E-state index is 14.6. The number of piperidine rings is 1. The molecular formula is C32H30FN5O6. The first kappa shape index (κ1) is 28.7. The number of aromatic amines is 1. The quantitative estimate of drug-likeness (QED) is 0.329. The minimum Gasteiger partial charge on any atom is -0.493 e. The second kappa shape index (κ2) is 12.5. The molecule has 2 aliphatic rings. The predicted octanol–water partition coefficient (Wildman–Crippen LogP) is 3.33. The Kier molecular flexibility index (Phi) is 8.13. The van der Waals surface area contributed by atoms with Crippen LogP contribution in [0.15, 0.2) is 73.1 Å². The standard InChI is InChI=1S/C32H30FN5O6/c1-42-28-6-5-21-12-29(28)43-18-30(39)34-14-19-9-24(33)13-25(10-19)44-27-7-8-38(17-26(27)37-31(21)40)32(41)22-4-2-3-20(11-22)23-15-35-36-16-23/h2-6,9-13,15-16,26-27H,7-8,14,17-18H2,1H3,(H,34,39)(H,35,36)(H,37,40)/t26-,27+/m0/s1. The third-order valence-electron chi connectivity index (χ3n) is 7.59. The monoisotopic (exact) mass is 599 g/mol. The first-order valence-electron chi connectivity index (χ1n) is 14.1. The second-order valence-corrected chi connectivity index (χ2v) is 10.6. The van der Waals surface area contributed by atoms with Gasteiger partial charge in [-0.2, -0.15) is 5.10 Å². The van der Waals surface area contributed by atoms with E-state index in [4.69, 9.17) is 14.2 Å². The zero-order chi connectivity index (χ0) is 30.6. The normalized spacial score (nSPS) is 18.6. The van der Waals surface area contributed by atoms with E-state index in [1.54, 1.807) is 47.6 Å². The predicted molar refractivity (Wildman–Crippen MR) is 157 cm³/mol. The van der Waals surface area contributed by atoms with Gasteiger partial charge in [0, 0.05) is 55.0 Å². The summed E-state index contributed by atoms with van der Waals surface area (Å²) in [6, 6.07) is 15.5. The molecule has 0 unspecified atom stereocenters. The third-order valence-corrected chi connectivity index (χ3v) is 7.59. The summed E-state index contributed by atoms with van der Waals surface area (Å²) in [6.07, 6.45) is 3.23. The lowest BCUT2D eigenvalue weighted by molar-refractivity contribution is -0.123. The van der Waals surface area contributed by atoms with Gasteiger partial charge in [-0.1, -0.05) is 12.1 Å². The molecule has 3 amide bonds. The number of nitrogens with zero attached hydrogens (tertiary/aromatic N) is 2. The Morgan fingerprint density at radius 1 is 1.07 bits per heavy atom. The Morgan fingerprint density at radius 2 is 1.95 bits per heavy atom. The minimum absolute atomic E-state index is 0.0540. The fourth-order valence-corrected chi connectivity index (χ4v) is 5.36. The summed E-state index contributed by atoms with van der Waals surface area (Å²) < 4.78 is 31.8. The van der Waals surface area contributed by atoms with Crippen LogP contribution in [0.4, 0.5) is 4.39 Å². The smallest absolute Gasteiger partial charge is 0.258 e. The molecule has 4 aromatic rings. The number of methoxy groups -OCH3 is 1. The Balaban J connectivity index is 1.30. The van der Waals surface area contributed by atoms with Gasteiger partial charge < -0.3 is 29.7 Å². The number of rotatable bonds is 3. The van der Waals surface area contributed by atoms with Crippen molar-refractivity contribution in [2.45, 2.75) is 25.1 Å². The van der Waals surface area contributed by atoms with Gasteiger partial charge in [0.1, 0.15) is 17.7 Å². The van der Waals surface area contributed by atoms with Crippen LogP contribution in [-0.2, 0) is 11.3 Å². The molecule has 3 aromatic carbocycles. The third kappa shape index (κ3) is 6.33. The van der Waals surface area contributed by atoms with Gasteiger partial charge >= 0.3 is 0 Å². The van der Waals surface area contributed by atoms with Gasteiger partial charge in [0.05, 0.1) is 19.3 Å². The average molecular weight is 600 g/mol. The van der Waals surface area contributed by atoms with Crippen LogP contribution in [0, 0.1) is 5.82 Å². The van der Waals surface area contributed by atoms with Crippen molar-refractivity contribution < 1.29 is 33.0 Å². The topological polar surface area (TPSA) is 135 Å². The molecule has 0 aliphatic carbocycles. The second-order valence-electron chi connectivity index (χ2n) is 10.6. The van der Waals surface area contributed by atoms with Crippen LogP contribution in [-0.4, -0.2) is 71.8 Å². The number of hydrogen-bond acceptors (Lipinski definition) is 7. The van der Waals surface area contributed by atoms with Gasteiger partial charge in [-0.05, 0) is 53.6 Å². The van der Waals surface area contributed by atoms with Gasteiger partial charge in [-0.3, -0.25) is 19.5 Å². The van der Waals surface area contributed by atoms with Crippen LogP contribution in [0.1, 0.15) is 32.7 Å². The van der Waals surface area contributed by atoms with E-state index in [0.717, 1.165) is 11.1 Å². The summed E-state index contributed by atoms with van der Waals surface area (Å²) in [6.45, 7) is 0.218. The van der Waals surface area contributed by atoms with Crippen molar-refractivity contribution in [1.29, 1.82) is 0 Å². The Bertz CT molecular complexity index is 1690. The number of aromatic nitrogens is 2. The van der Waals surface area contributed by atoms with E-state index in [1.165, 1.54) is 25.3 Å². The average Bonchev–Trinajstić information content (AvgIpc) is 3.58. The summed E-state index contributed by atoms with van der Waals surface area (Å²) in [4.78, 5) is 41.3. The minimum atomic E-state index is -0.636. The summed E-state index contributed by atoms with van der Waals surface area (Å²) in [5.41, 5.74) is 2.95. The number of amides is 3. The molecule has 4 bridgehead atoms. The first-order valence-corrected chi connectivity index (χ1v) is 14.1. The number of H-pyrrole nitrogens is 1. The van der Waals surface area contributed by atoms with Crippen molar-refractivity contribution in [3.8, 4) is 28.4 Å². The first-order chi connectivity index (χ1) is 21.4. The molecule has 3 N–H and O–H groups in total.